The number of nitrogens with one attached hydrogen (secondary N) is 1. The molecule has 2 bridgehead atoms. The molecule has 0 spiro atoms. The highest BCUT2D eigenvalue weighted by atomic mass is 19.3. The van der Waals surface area contributed by atoms with Gasteiger partial charge in [-0.15, -0.1) is 0 Å². The van der Waals surface area contributed by atoms with E-state index >= 15 is 0 Å². The summed E-state index contributed by atoms with van der Waals surface area (Å²) in [4.78, 5) is 23.7. The second-order valence-electron chi connectivity index (χ2n) is 14.2. The number of ketones is 1. The molecule has 1 saturated carbocycles. The van der Waals surface area contributed by atoms with Crippen LogP contribution in [0.2, 0.25) is 0 Å². The molecule has 5 atom stereocenters. The molecule has 2 aliphatic carbocycles. The van der Waals surface area contributed by atoms with E-state index in [-0.39, 0.29) is 30.5 Å². The first-order valence-electron chi connectivity index (χ1n) is 17.7. The number of rotatable bonds is 14. The van der Waals surface area contributed by atoms with Crippen LogP contribution >= 0.6 is 0 Å². The van der Waals surface area contributed by atoms with Crippen molar-refractivity contribution in [3.8, 4) is 0 Å². The van der Waals surface area contributed by atoms with Gasteiger partial charge in [-0.3, -0.25) is 19.6 Å². The number of unbranched alkanes of at least 4 members (excludes halogenated alkanes) is 1. The van der Waals surface area contributed by atoms with Crippen LogP contribution in [-0.2, 0) is 11.2 Å². The largest absolute Gasteiger partial charge is 0.330 e. The zero-order chi connectivity index (χ0) is 31.2. The number of nitrogens with two attached hydrogens (primary N) is 1. The van der Waals surface area contributed by atoms with E-state index < -0.39 is 5.92 Å². The molecule has 1 aromatic heterocycles. The van der Waals surface area contributed by atoms with E-state index in [4.69, 9.17) is 10.7 Å². The van der Waals surface area contributed by atoms with Crippen LogP contribution < -0.4 is 11.1 Å². The van der Waals surface area contributed by atoms with Crippen LogP contribution in [0.4, 0.5) is 8.78 Å². The highest BCUT2D eigenvalue weighted by molar-refractivity contribution is 5.82. The maximum absolute atomic E-state index is 13.8. The van der Waals surface area contributed by atoms with Gasteiger partial charge in [-0.05, 0) is 107 Å². The molecule has 6 rings (SSSR count). The van der Waals surface area contributed by atoms with Gasteiger partial charge in [-0.25, -0.2) is 8.78 Å². The van der Waals surface area contributed by atoms with Gasteiger partial charge in [0.05, 0.1) is 11.7 Å². The normalized spacial score (nSPS) is 27.4. The summed E-state index contributed by atoms with van der Waals surface area (Å²) in [5.41, 5.74) is 9.77. The molecule has 0 amide bonds. The molecular formula is C37H53F2N5O. The lowest BCUT2D eigenvalue weighted by atomic mass is 9.79. The number of nitrogens with zero attached hydrogens (tertiary/aromatic N) is 3. The van der Waals surface area contributed by atoms with Gasteiger partial charge >= 0.3 is 0 Å². The second-order valence-corrected chi connectivity index (χ2v) is 14.2. The van der Waals surface area contributed by atoms with E-state index in [1.165, 1.54) is 36.1 Å². The molecule has 0 radical (unpaired) electrons. The van der Waals surface area contributed by atoms with Crippen molar-refractivity contribution in [3.63, 3.8) is 0 Å². The van der Waals surface area contributed by atoms with Crippen molar-refractivity contribution in [3.05, 3.63) is 65.5 Å². The van der Waals surface area contributed by atoms with Gasteiger partial charge in [0.2, 0.25) is 5.92 Å². The first kappa shape index (κ1) is 32.7. The van der Waals surface area contributed by atoms with Crippen LogP contribution in [-0.4, -0.2) is 77.3 Å². The van der Waals surface area contributed by atoms with Gasteiger partial charge in [0.25, 0.3) is 0 Å². The molecule has 1 unspecified atom stereocenters. The molecule has 3 N–H and O–H groups in total. The lowest BCUT2D eigenvalue weighted by Crippen LogP contribution is -2.61. The highest BCUT2D eigenvalue weighted by Crippen LogP contribution is 2.39. The number of piperazine rings is 1. The molecule has 1 aromatic carbocycles. The highest BCUT2D eigenvalue weighted by Gasteiger charge is 2.44. The summed E-state index contributed by atoms with van der Waals surface area (Å²) < 4.78 is 27.6. The van der Waals surface area contributed by atoms with Crippen molar-refractivity contribution < 1.29 is 13.6 Å². The van der Waals surface area contributed by atoms with Crippen LogP contribution in [0.1, 0.15) is 106 Å². The predicted molar refractivity (Wildman–Crippen MR) is 175 cm³/mol. The summed E-state index contributed by atoms with van der Waals surface area (Å²) in [7, 11) is 0. The molecule has 2 aromatic rings. The summed E-state index contributed by atoms with van der Waals surface area (Å²) in [5.74, 6) is -2.54. The number of hydrogen-bond acceptors (Lipinski definition) is 6. The number of carbonyl (C=O) groups excluding carboxylic acids is 1. The van der Waals surface area contributed by atoms with Crippen LogP contribution in [0.25, 0.3) is 0 Å². The minimum Gasteiger partial charge on any atom is -0.330 e. The SMILES string of the molecule is NCCCCN(C[C@@H]1NC[C@@H]2CC[C@H]1N2CC[C@H](CC(=O)C1CCC(F)(F)CC1)c1ccccc1)C1CCCc2cccnc21. The topological polar surface area (TPSA) is 74.5 Å². The smallest absolute Gasteiger partial charge is 0.248 e. The molecule has 246 valence electrons. The fraction of sp³-hybridized carbons (Fsp3) is 0.676. The zero-order valence-electron chi connectivity index (χ0n) is 26.9. The van der Waals surface area contributed by atoms with E-state index in [9.17, 15) is 13.6 Å². The van der Waals surface area contributed by atoms with E-state index in [2.05, 4.69) is 51.5 Å². The maximum Gasteiger partial charge on any atom is 0.248 e. The Morgan fingerprint density at radius 1 is 1.07 bits per heavy atom. The van der Waals surface area contributed by atoms with Gasteiger partial charge in [0.1, 0.15) is 5.78 Å². The van der Waals surface area contributed by atoms with Gasteiger partial charge < -0.3 is 11.1 Å². The Bertz CT molecular complexity index is 1230. The van der Waals surface area contributed by atoms with E-state index in [0.29, 0.717) is 43.4 Å². The van der Waals surface area contributed by atoms with Crippen molar-refractivity contribution in [2.24, 2.45) is 11.7 Å². The summed E-state index contributed by atoms with van der Waals surface area (Å²) >= 11 is 0. The summed E-state index contributed by atoms with van der Waals surface area (Å²) in [5, 5.41) is 3.95. The zero-order valence-corrected chi connectivity index (χ0v) is 26.9. The number of carbonyl (C=O) groups is 1. The fourth-order valence-electron chi connectivity index (χ4n) is 8.79. The van der Waals surface area contributed by atoms with E-state index in [1.807, 2.05) is 12.3 Å². The Morgan fingerprint density at radius 2 is 1.89 bits per heavy atom. The summed E-state index contributed by atoms with van der Waals surface area (Å²) in [6.45, 7) is 4.74. The third-order valence-electron chi connectivity index (χ3n) is 11.3. The molecule has 8 heteroatoms. The lowest BCUT2D eigenvalue weighted by Gasteiger charge is -2.45. The lowest BCUT2D eigenvalue weighted by molar-refractivity contribution is -0.127. The molecule has 3 fully saturated rings. The molecule has 3 heterocycles. The number of aryl methyl sites for hydroxylation is 1. The Kier molecular flexibility index (Phi) is 11.0. The average Bonchev–Trinajstić information content (AvgIpc) is 3.35. The first-order chi connectivity index (χ1) is 21.9. The van der Waals surface area contributed by atoms with Crippen molar-refractivity contribution >= 4 is 5.78 Å². The van der Waals surface area contributed by atoms with Crippen LogP contribution in [0.5, 0.6) is 0 Å². The third-order valence-corrected chi connectivity index (χ3v) is 11.3. The quantitative estimate of drug-likeness (QED) is 0.243. The number of pyridine rings is 1. The Hall–Kier alpha value is -2.26. The van der Waals surface area contributed by atoms with Crippen LogP contribution in [0, 0.1) is 5.92 Å². The van der Waals surface area contributed by atoms with Crippen LogP contribution in [0.15, 0.2) is 48.7 Å². The first-order valence-corrected chi connectivity index (χ1v) is 17.7. The second kappa shape index (κ2) is 15.1. The molecule has 4 aliphatic rings. The maximum atomic E-state index is 13.8. The van der Waals surface area contributed by atoms with Crippen molar-refractivity contribution in [2.45, 2.75) is 119 Å². The molecule has 45 heavy (non-hydrogen) atoms. The standard InChI is InChI=1S/C37H53F2N5O/c38-37(39)18-15-28(16-19-37)35(45)24-30(27-8-2-1-3-9-27)17-23-44-31-13-14-33(44)32(42-25-31)26-43(22-5-4-20-40)34-12-6-10-29-11-7-21-41-36(29)34/h1-3,7-9,11,21,28,30-34,42H,4-6,10,12-20,22-26,40H2/t30-,31+,32+,33-,34?/m1/s1. The monoisotopic (exact) mass is 621 g/mol. The number of alkyl halides is 2. The number of halogens is 2. The average molecular weight is 622 g/mol. The van der Waals surface area contributed by atoms with Gasteiger partial charge in [-0.2, -0.15) is 0 Å². The Labute approximate surface area is 268 Å². The third kappa shape index (κ3) is 8.01. The van der Waals surface area contributed by atoms with Crippen LogP contribution in [0.3, 0.4) is 0 Å². The van der Waals surface area contributed by atoms with Gasteiger partial charge in [0, 0.05) is 62.6 Å². The molecule has 6 nitrogen and oxygen atoms in total. The van der Waals surface area contributed by atoms with E-state index in [0.717, 1.165) is 64.8 Å². The number of aromatic nitrogens is 1. The number of hydrogen-bond donors (Lipinski definition) is 2. The molecular weight excluding hydrogens is 568 g/mol. The van der Waals surface area contributed by atoms with Crippen molar-refractivity contribution in [2.75, 3.05) is 32.7 Å². The Balaban J connectivity index is 1.13. The van der Waals surface area contributed by atoms with Gasteiger partial charge in [0.15, 0.2) is 0 Å². The van der Waals surface area contributed by atoms with Crippen molar-refractivity contribution in [1.82, 2.24) is 20.1 Å². The van der Waals surface area contributed by atoms with Gasteiger partial charge in [-0.1, -0.05) is 36.4 Å². The number of fused-ring (bicyclic) bond motifs is 3. The number of benzene rings is 1. The minimum atomic E-state index is -2.61. The summed E-state index contributed by atoms with van der Waals surface area (Å²) in [6.07, 6.45) is 11.7. The summed E-state index contributed by atoms with van der Waals surface area (Å²) in [6, 6.07) is 16.5. The predicted octanol–water partition coefficient (Wildman–Crippen LogP) is 6.26. The minimum absolute atomic E-state index is 0.117. The molecule has 2 saturated heterocycles. The Morgan fingerprint density at radius 3 is 2.69 bits per heavy atom. The number of Topliss-reactive ketones (excluding diaryl/α,β-unsaturated/α-hetero) is 1. The van der Waals surface area contributed by atoms with E-state index in [1.54, 1.807) is 0 Å². The molecule has 2 aliphatic heterocycles. The van der Waals surface area contributed by atoms with Crippen molar-refractivity contribution in [1.29, 1.82) is 0 Å². The fourth-order valence-corrected chi connectivity index (χ4v) is 8.79.